The predicted molar refractivity (Wildman–Crippen MR) is 203 cm³/mol. The highest BCUT2D eigenvalue weighted by molar-refractivity contribution is 5.76. The number of aliphatic hydroxyl groups excluding tert-OH is 8. The number of nitrogens with one attached hydrogen (secondary N) is 1. The van der Waals surface area contributed by atoms with E-state index < -0.39 is 86.8 Å². The van der Waals surface area contributed by atoms with Gasteiger partial charge in [-0.2, -0.15) is 0 Å². The van der Waals surface area contributed by atoms with Crippen LogP contribution in [0.5, 0.6) is 0 Å². The smallest absolute Gasteiger partial charge is 0.220 e. The summed E-state index contributed by atoms with van der Waals surface area (Å²) < 4.78 is 22.5. The highest BCUT2D eigenvalue weighted by Gasteiger charge is 2.50. The Labute approximate surface area is 323 Å². The van der Waals surface area contributed by atoms with Crippen molar-refractivity contribution in [2.75, 3.05) is 19.8 Å². The first-order chi connectivity index (χ1) is 26.1. The molecule has 0 aromatic heterocycles. The minimum absolute atomic E-state index is 0.246. The Morgan fingerprint density at radius 1 is 0.648 bits per heavy atom. The van der Waals surface area contributed by atoms with E-state index in [1.54, 1.807) is 6.08 Å². The summed E-state index contributed by atoms with van der Waals surface area (Å²) in [6.45, 7) is 2.70. The van der Waals surface area contributed by atoms with Crippen LogP contribution in [0.25, 0.3) is 0 Å². The predicted octanol–water partition coefficient (Wildman–Crippen LogP) is 2.87. The molecule has 318 valence electrons. The maximum Gasteiger partial charge on any atom is 0.220 e. The van der Waals surface area contributed by atoms with Gasteiger partial charge >= 0.3 is 0 Å². The van der Waals surface area contributed by atoms with Crippen molar-refractivity contribution in [1.82, 2.24) is 5.32 Å². The minimum atomic E-state index is -1.78. The Kier molecular flexibility index (Phi) is 26.3. The average Bonchev–Trinajstić information content (AvgIpc) is 3.17. The van der Waals surface area contributed by atoms with E-state index in [-0.39, 0.29) is 18.9 Å². The van der Waals surface area contributed by atoms with Crippen molar-refractivity contribution in [3.8, 4) is 0 Å². The van der Waals surface area contributed by atoms with Gasteiger partial charge in [-0.3, -0.25) is 4.79 Å². The fraction of sp³-hybridized carbons (Fsp3) is 0.925. The molecule has 14 heteroatoms. The standard InChI is InChI=1S/C40H75NO13/c1-3-5-7-9-11-13-14-16-17-19-21-23-29(44)28(41-32(45)24-22-20-18-15-12-10-8-6-4-2)27-51-39-37(50)35(48)38(31(26-43)53-39)54-40-36(49)34(47)33(46)30(25-42)52-40/h21,23,28-31,33-40,42-44,46-50H,3-20,22,24-27H2,1-2H3,(H,41,45)/b23-21+/t28-,29+,30+,31+,33-,34?,35?,36?,37?,38+,39+,40-/m0/s1. The molecule has 2 rings (SSSR count). The number of hydrogen-bond acceptors (Lipinski definition) is 13. The molecule has 0 saturated carbocycles. The Balaban J connectivity index is 1.95. The first kappa shape index (κ1) is 48.9. The van der Waals surface area contributed by atoms with E-state index in [0.29, 0.717) is 6.42 Å². The number of rotatable bonds is 30. The molecule has 2 heterocycles. The number of unbranched alkanes of at least 4 members (excludes halogenated alkanes) is 17. The Bertz CT molecular complexity index is 972. The van der Waals surface area contributed by atoms with Gasteiger partial charge in [-0.15, -0.1) is 0 Å². The summed E-state index contributed by atoms with van der Waals surface area (Å²) in [7, 11) is 0. The lowest BCUT2D eigenvalue weighted by molar-refractivity contribution is -0.359. The molecule has 0 aromatic rings. The molecule has 9 N–H and O–H groups in total. The molecule has 54 heavy (non-hydrogen) atoms. The summed E-state index contributed by atoms with van der Waals surface area (Å²) >= 11 is 0. The second kappa shape index (κ2) is 29.0. The Morgan fingerprint density at radius 2 is 1.15 bits per heavy atom. The van der Waals surface area contributed by atoms with Gasteiger partial charge in [-0.05, 0) is 19.3 Å². The maximum absolute atomic E-state index is 13.0. The van der Waals surface area contributed by atoms with E-state index in [0.717, 1.165) is 38.5 Å². The van der Waals surface area contributed by atoms with E-state index in [2.05, 4.69) is 19.2 Å². The first-order valence-corrected chi connectivity index (χ1v) is 20.9. The number of carbonyl (C=O) groups excluding carboxylic acids is 1. The van der Waals surface area contributed by atoms with Crippen molar-refractivity contribution in [3.63, 3.8) is 0 Å². The molecule has 1 amide bonds. The first-order valence-electron chi connectivity index (χ1n) is 20.9. The summed E-state index contributed by atoms with van der Waals surface area (Å²) in [4.78, 5) is 13.0. The number of ether oxygens (including phenoxy) is 4. The molecule has 0 aliphatic carbocycles. The summed E-state index contributed by atoms with van der Waals surface area (Å²) in [5.74, 6) is -0.246. The molecule has 12 atom stereocenters. The molecule has 2 saturated heterocycles. The van der Waals surface area contributed by atoms with Gasteiger partial charge < -0.3 is 65.1 Å². The van der Waals surface area contributed by atoms with Crippen molar-refractivity contribution in [2.45, 2.75) is 216 Å². The van der Waals surface area contributed by atoms with Crippen LogP contribution in [0.3, 0.4) is 0 Å². The second-order valence-corrected chi connectivity index (χ2v) is 15.1. The van der Waals surface area contributed by atoms with Gasteiger partial charge in [0.1, 0.15) is 48.8 Å². The van der Waals surface area contributed by atoms with E-state index in [1.807, 2.05) is 6.08 Å². The lowest BCUT2D eigenvalue weighted by Gasteiger charge is -2.46. The molecule has 2 aliphatic heterocycles. The summed E-state index contributed by atoms with van der Waals surface area (Å²) in [5.41, 5.74) is 0. The minimum Gasteiger partial charge on any atom is -0.394 e. The summed E-state index contributed by atoms with van der Waals surface area (Å²) in [6, 6.07) is -0.904. The topological polar surface area (TPSA) is 228 Å². The summed E-state index contributed by atoms with van der Waals surface area (Å²) in [5, 5.41) is 86.1. The largest absolute Gasteiger partial charge is 0.394 e. The Hall–Kier alpha value is -1.27. The van der Waals surface area contributed by atoms with Gasteiger partial charge in [0.2, 0.25) is 5.91 Å². The van der Waals surface area contributed by atoms with Crippen LogP contribution in [0.2, 0.25) is 0 Å². The van der Waals surface area contributed by atoms with Gasteiger partial charge in [0.15, 0.2) is 12.6 Å². The maximum atomic E-state index is 13.0. The van der Waals surface area contributed by atoms with Gasteiger partial charge in [-0.1, -0.05) is 129 Å². The van der Waals surface area contributed by atoms with Crippen LogP contribution >= 0.6 is 0 Å². The number of allylic oxidation sites excluding steroid dienone is 1. The van der Waals surface area contributed by atoms with Crippen molar-refractivity contribution in [2.24, 2.45) is 0 Å². The van der Waals surface area contributed by atoms with Crippen LogP contribution in [-0.4, -0.2) is 140 Å². The van der Waals surface area contributed by atoms with Crippen LogP contribution in [0, 0.1) is 0 Å². The van der Waals surface area contributed by atoms with Crippen molar-refractivity contribution < 1.29 is 64.6 Å². The number of aliphatic hydroxyl groups is 8. The summed E-state index contributed by atoms with van der Waals surface area (Å²) in [6.07, 6.45) is 8.51. The zero-order valence-corrected chi connectivity index (χ0v) is 33.0. The third kappa shape index (κ3) is 17.9. The number of amides is 1. The molecule has 0 radical (unpaired) electrons. The SMILES string of the molecule is CCCCCCCCCCC/C=C/[C@@H](O)[C@H](CO[C@@H]1O[C@H](CO)[C@@H](O[C@@H]2O[C@H](CO)[C@H](O)C(O)C2O)C(O)C1O)NC(=O)CCCCCCCCCCC. The van der Waals surface area contributed by atoms with E-state index in [1.165, 1.54) is 77.0 Å². The third-order valence-corrected chi connectivity index (χ3v) is 10.5. The van der Waals surface area contributed by atoms with E-state index in [9.17, 15) is 45.6 Å². The van der Waals surface area contributed by atoms with Gasteiger partial charge in [0.25, 0.3) is 0 Å². The van der Waals surface area contributed by atoms with Crippen molar-refractivity contribution >= 4 is 5.91 Å². The van der Waals surface area contributed by atoms with Gasteiger partial charge in [0, 0.05) is 6.42 Å². The van der Waals surface area contributed by atoms with Crippen molar-refractivity contribution in [1.29, 1.82) is 0 Å². The van der Waals surface area contributed by atoms with Crippen LogP contribution in [0.4, 0.5) is 0 Å². The van der Waals surface area contributed by atoms with Gasteiger partial charge in [0.05, 0.1) is 32.0 Å². The molecular formula is C40H75NO13. The third-order valence-electron chi connectivity index (χ3n) is 10.5. The zero-order chi connectivity index (χ0) is 39.7. The van der Waals surface area contributed by atoms with E-state index in [4.69, 9.17) is 18.9 Å². The molecule has 14 nitrogen and oxygen atoms in total. The van der Waals surface area contributed by atoms with Crippen molar-refractivity contribution in [3.05, 3.63) is 12.2 Å². The quantitative estimate of drug-likeness (QED) is 0.0378. The monoisotopic (exact) mass is 778 g/mol. The molecule has 0 spiro atoms. The van der Waals surface area contributed by atoms with Crippen LogP contribution in [0.1, 0.15) is 142 Å². The van der Waals surface area contributed by atoms with Crippen LogP contribution < -0.4 is 5.32 Å². The molecule has 2 aliphatic rings. The lowest BCUT2D eigenvalue weighted by atomic mass is 9.97. The lowest BCUT2D eigenvalue weighted by Crippen LogP contribution is -2.65. The Morgan fingerprint density at radius 3 is 1.70 bits per heavy atom. The molecule has 0 aromatic carbocycles. The number of carbonyl (C=O) groups is 1. The molecule has 0 bridgehead atoms. The average molecular weight is 778 g/mol. The normalized spacial score (nSPS) is 30.1. The fourth-order valence-electron chi connectivity index (χ4n) is 6.94. The van der Waals surface area contributed by atoms with Crippen LogP contribution in [-0.2, 0) is 23.7 Å². The van der Waals surface area contributed by atoms with Gasteiger partial charge in [-0.25, -0.2) is 0 Å². The second-order valence-electron chi connectivity index (χ2n) is 15.1. The highest BCUT2D eigenvalue weighted by atomic mass is 16.7. The molecular weight excluding hydrogens is 702 g/mol. The number of hydrogen-bond donors (Lipinski definition) is 9. The molecule has 4 unspecified atom stereocenters. The van der Waals surface area contributed by atoms with E-state index >= 15 is 0 Å². The fourth-order valence-corrected chi connectivity index (χ4v) is 6.94. The van der Waals surface area contributed by atoms with Crippen LogP contribution in [0.15, 0.2) is 12.2 Å². The zero-order valence-electron chi connectivity index (χ0n) is 33.0. The molecule has 2 fully saturated rings. The highest BCUT2D eigenvalue weighted by Crippen LogP contribution is 2.30.